The summed E-state index contributed by atoms with van der Waals surface area (Å²) in [6.45, 7) is 4.75. The summed E-state index contributed by atoms with van der Waals surface area (Å²) in [5.41, 5.74) is 0.820. The van der Waals surface area contributed by atoms with Gasteiger partial charge >= 0.3 is 6.09 Å². The summed E-state index contributed by atoms with van der Waals surface area (Å²) in [5.74, 6) is -0.381. The summed E-state index contributed by atoms with van der Waals surface area (Å²) in [5, 5.41) is 12.5. The van der Waals surface area contributed by atoms with Crippen molar-refractivity contribution in [2.75, 3.05) is 19.7 Å². The second kappa shape index (κ2) is 8.09. The van der Waals surface area contributed by atoms with E-state index in [9.17, 15) is 9.59 Å². The zero-order valence-corrected chi connectivity index (χ0v) is 15.1. The lowest BCUT2D eigenvalue weighted by Gasteiger charge is -2.37. The van der Waals surface area contributed by atoms with Crippen LogP contribution in [0.4, 0.5) is 4.79 Å². The van der Waals surface area contributed by atoms with Gasteiger partial charge in [0.15, 0.2) is 0 Å². The molecule has 1 aliphatic heterocycles. The van der Waals surface area contributed by atoms with Crippen LogP contribution >= 0.6 is 23.2 Å². The van der Waals surface area contributed by atoms with E-state index >= 15 is 0 Å². The molecule has 0 aromatic carbocycles. The zero-order valence-electron chi connectivity index (χ0n) is 13.6. The number of rotatable bonds is 5. The first-order valence-electron chi connectivity index (χ1n) is 7.79. The first kappa shape index (κ1) is 18.9. The molecular weight excluding hydrogens is 357 g/mol. The van der Waals surface area contributed by atoms with E-state index in [0.717, 1.165) is 6.42 Å². The van der Waals surface area contributed by atoms with Crippen molar-refractivity contribution >= 4 is 35.2 Å². The summed E-state index contributed by atoms with van der Waals surface area (Å²) >= 11 is 12.1. The van der Waals surface area contributed by atoms with Crippen LogP contribution in [-0.4, -0.2) is 58.8 Å². The van der Waals surface area contributed by atoms with Gasteiger partial charge in [0, 0.05) is 18.8 Å². The number of aromatic amines is 1. The maximum Gasteiger partial charge on any atom is 0.407 e. The number of hydrogen-bond acceptors (Lipinski definition) is 3. The molecule has 1 aromatic heterocycles. The summed E-state index contributed by atoms with van der Waals surface area (Å²) in [6, 6.07) is -0.293. The number of ether oxygens (including phenoxy) is 1. The highest BCUT2D eigenvalue weighted by Gasteiger charge is 2.34. The number of halogens is 2. The second-order valence-electron chi connectivity index (χ2n) is 5.76. The monoisotopic (exact) mass is 377 g/mol. The van der Waals surface area contributed by atoms with Gasteiger partial charge in [0.05, 0.1) is 28.7 Å². The van der Waals surface area contributed by atoms with Crippen LogP contribution in [0.1, 0.15) is 35.9 Å². The molecule has 3 N–H and O–H groups in total. The summed E-state index contributed by atoms with van der Waals surface area (Å²) < 4.78 is 5.73. The Morgan fingerprint density at radius 1 is 1.42 bits per heavy atom. The molecule has 1 aliphatic rings. The van der Waals surface area contributed by atoms with E-state index in [1.807, 2.05) is 6.92 Å². The van der Waals surface area contributed by atoms with Gasteiger partial charge in [0.2, 0.25) is 0 Å². The van der Waals surface area contributed by atoms with Crippen molar-refractivity contribution in [3.63, 3.8) is 0 Å². The van der Waals surface area contributed by atoms with Crippen molar-refractivity contribution in [2.45, 2.75) is 38.8 Å². The zero-order chi connectivity index (χ0) is 17.9. The molecule has 1 fully saturated rings. The number of amides is 2. The number of H-pyrrole nitrogens is 1. The molecule has 134 valence electrons. The van der Waals surface area contributed by atoms with E-state index in [-0.39, 0.29) is 29.2 Å². The number of carboxylic acid groups (broad SMARTS) is 1. The largest absolute Gasteiger partial charge is 0.465 e. The normalized spacial score (nSPS) is 20.9. The number of nitrogens with zero attached hydrogens (tertiary/aromatic N) is 1. The molecule has 2 amide bonds. The Kier molecular flexibility index (Phi) is 6.37. The Morgan fingerprint density at radius 2 is 2.12 bits per heavy atom. The van der Waals surface area contributed by atoms with Crippen LogP contribution in [0.3, 0.4) is 0 Å². The molecule has 1 aromatic rings. The number of carbonyl (C=O) groups is 2. The minimum absolute atomic E-state index is 0.181. The Hall–Kier alpha value is -1.44. The lowest BCUT2D eigenvalue weighted by molar-refractivity contribution is -0.0162. The average Bonchev–Trinajstić information content (AvgIpc) is 2.81. The maximum atomic E-state index is 12.5. The number of hydrogen-bond donors (Lipinski definition) is 3. The standard InChI is InChI=1S/C15H21Cl2N3O4/c1-3-6-24-10-7-20(15(22)23)5-4-9(10)19-14(21)13-12(17)11(16)8(2)18-13/h9-10,18H,3-7H2,1-2H3,(H,19,21)(H,22,23). The van der Waals surface area contributed by atoms with Gasteiger partial charge < -0.3 is 25.0 Å². The Labute approximate surface area is 150 Å². The third kappa shape index (κ3) is 4.15. The molecule has 1 saturated heterocycles. The van der Waals surface area contributed by atoms with E-state index in [0.29, 0.717) is 30.3 Å². The number of aryl methyl sites for hydroxylation is 1. The molecule has 2 atom stereocenters. The van der Waals surface area contributed by atoms with Crippen LogP contribution in [0.25, 0.3) is 0 Å². The fraction of sp³-hybridized carbons (Fsp3) is 0.600. The van der Waals surface area contributed by atoms with Gasteiger partial charge in [-0.2, -0.15) is 0 Å². The lowest BCUT2D eigenvalue weighted by Crippen LogP contribution is -2.56. The number of nitrogens with one attached hydrogen (secondary N) is 2. The predicted octanol–water partition coefficient (Wildman–Crippen LogP) is 2.91. The Balaban J connectivity index is 2.09. The highest BCUT2D eigenvalue weighted by molar-refractivity contribution is 6.44. The van der Waals surface area contributed by atoms with E-state index in [4.69, 9.17) is 33.0 Å². The van der Waals surface area contributed by atoms with Crippen LogP contribution in [0.2, 0.25) is 10.0 Å². The molecule has 0 saturated carbocycles. The molecule has 0 bridgehead atoms. The number of piperidine rings is 1. The van der Waals surface area contributed by atoms with Crippen molar-refractivity contribution in [1.29, 1.82) is 0 Å². The van der Waals surface area contributed by atoms with Gasteiger partial charge in [-0.1, -0.05) is 30.1 Å². The highest BCUT2D eigenvalue weighted by atomic mass is 35.5. The van der Waals surface area contributed by atoms with E-state index in [2.05, 4.69) is 10.3 Å². The molecular formula is C15H21Cl2N3O4. The first-order chi connectivity index (χ1) is 11.3. The predicted molar refractivity (Wildman–Crippen MR) is 91.0 cm³/mol. The van der Waals surface area contributed by atoms with Gasteiger partial charge in [0.1, 0.15) is 5.69 Å². The Bertz CT molecular complexity index is 620. The topological polar surface area (TPSA) is 94.7 Å². The molecule has 2 rings (SSSR count). The van der Waals surface area contributed by atoms with Gasteiger partial charge in [-0.3, -0.25) is 4.79 Å². The minimum atomic E-state index is -0.986. The van der Waals surface area contributed by atoms with Crippen LogP contribution in [0, 0.1) is 6.92 Å². The number of likely N-dealkylation sites (tertiary alicyclic amines) is 1. The summed E-state index contributed by atoms with van der Waals surface area (Å²) in [6.07, 6.45) is -0.109. The minimum Gasteiger partial charge on any atom is -0.465 e. The molecule has 9 heteroatoms. The molecule has 0 spiro atoms. The summed E-state index contributed by atoms with van der Waals surface area (Å²) in [4.78, 5) is 27.8. The smallest absolute Gasteiger partial charge is 0.407 e. The lowest BCUT2D eigenvalue weighted by atomic mass is 10.0. The van der Waals surface area contributed by atoms with Crippen molar-refractivity contribution in [3.8, 4) is 0 Å². The molecule has 24 heavy (non-hydrogen) atoms. The molecule has 2 heterocycles. The van der Waals surface area contributed by atoms with Crippen molar-refractivity contribution < 1.29 is 19.4 Å². The summed E-state index contributed by atoms with van der Waals surface area (Å²) in [7, 11) is 0. The molecule has 0 radical (unpaired) electrons. The third-order valence-corrected chi connectivity index (χ3v) is 4.91. The van der Waals surface area contributed by atoms with Crippen LogP contribution < -0.4 is 5.32 Å². The molecule has 2 unspecified atom stereocenters. The Morgan fingerprint density at radius 3 is 2.67 bits per heavy atom. The van der Waals surface area contributed by atoms with Crippen molar-refractivity contribution in [3.05, 3.63) is 21.4 Å². The molecule has 0 aliphatic carbocycles. The fourth-order valence-electron chi connectivity index (χ4n) is 2.66. The van der Waals surface area contributed by atoms with Crippen LogP contribution in [0.15, 0.2) is 0 Å². The van der Waals surface area contributed by atoms with Gasteiger partial charge in [0.25, 0.3) is 5.91 Å². The SMILES string of the molecule is CCCOC1CN(C(=O)O)CCC1NC(=O)c1[nH]c(C)c(Cl)c1Cl. The van der Waals surface area contributed by atoms with Crippen molar-refractivity contribution in [1.82, 2.24) is 15.2 Å². The van der Waals surface area contributed by atoms with Crippen LogP contribution in [-0.2, 0) is 4.74 Å². The second-order valence-corrected chi connectivity index (χ2v) is 6.52. The quantitative estimate of drug-likeness (QED) is 0.734. The van der Waals surface area contributed by atoms with E-state index in [1.54, 1.807) is 6.92 Å². The van der Waals surface area contributed by atoms with E-state index in [1.165, 1.54) is 4.90 Å². The third-order valence-electron chi connectivity index (χ3n) is 3.96. The van der Waals surface area contributed by atoms with Gasteiger partial charge in [-0.05, 0) is 19.8 Å². The number of carbonyl (C=O) groups excluding carboxylic acids is 1. The number of aromatic nitrogens is 1. The molecule has 7 nitrogen and oxygen atoms in total. The van der Waals surface area contributed by atoms with Gasteiger partial charge in [-0.15, -0.1) is 0 Å². The maximum absolute atomic E-state index is 12.5. The van der Waals surface area contributed by atoms with Gasteiger partial charge in [-0.25, -0.2) is 4.79 Å². The van der Waals surface area contributed by atoms with Crippen LogP contribution in [0.5, 0.6) is 0 Å². The fourth-order valence-corrected chi connectivity index (χ4v) is 3.08. The van der Waals surface area contributed by atoms with Crippen molar-refractivity contribution in [2.24, 2.45) is 0 Å². The highest BCUT2D eigenvalue weighted by Crippen LogP contribution is 2.29. The van der Waals surface area contributed by atoms with E-state index < -0.39 is 12.2 Å². The first-order valence-corrected chi connectivity index (χ1v) is 8.54. The average molecular weight is 378 g/mol.